The predicted octanol–water partition coefficient (Wildman–Crippen LogP) is 3.71. The molecule has 3 nitrogen and oxygen atoms in total. The van der Waals surface area contributed by atoms with E-state index in [9.17, 15) is 8.78 Å². The highest BCUT2D eigenvalue weighted by Crippen LogP contribution is 2.27. The Labute approximate surface area is 120 Å². The van der Waals surface area contributed by atoms with Gasteiger partial charge in [0.1, 0.15) is 17.3 Å². The minimum Gasteiger partial charge on any atom is -0.396 e. The van der Waals surface area contributed by atoms with Crippen LogP contribution in [0.15, 0.2) is 48.7 Å². The second kappa shape index (κ2) is 5.01. The number of nitrogens with two attached hydrogens (primary N) is 1. The van der Waals surface area contributed by atoms with Gasteiger partial charge in [0.2, 0.25) is 0 Å². The second-order valence-corrected chi connectivity index (χ2v) is 4.82. The number of halogens is 2. The molecule has 0 saturated carbocycles. The fraction of sp³-hybridized carbons (Fsp3) is 0.0625. The van der Waals surface area contributed by atoms with Crippen LogP contribution in [-0.4, -0.2) is 9.78 Å². The summed E-state index contributed by atoms with van der Waals surface area (Å²) in [5.41, 5.74) is 8.52. The Bertz CT molecular complexity index is 809. The summed E-state index contributed by atoms with van der Waals surface area (Å²) >= 11 is 0. The number of aromatic nitrogens is 2. The van der Waals surface area contributed by atoms with E-state index in [1.54, 1.807) is 37.4 Å². The number of aryl methyl sites for hydroxylation is 1. The van der Waals surface area contributed by atoms with Crippen molar-refractivity contribution in [2.75, 3.05) is 5.73 Å². The lowest BCUT2D eigenvalue weighted by Crippen LogP contribution is -1.95. The highest BCUT2D eigenvalue weighted by molar-refractivity contribution is 5.72. The third-order valence-corrected chi connectivity index (χ3v) is 3.26. The minimum absolute atomic E-state index is 0.313. The van der Waals surface area contributed by atoms with Gasteiger partial charge in [0.05, 0.1) is 17.6 Å². The maximum Gasteiger partial charge on any atom is 0.126 e. The molecule has 0 spiro atoms. The van der Waals surface area contributed by atoms with Crippen LogP contribution in [0.2, 0.25) is 0 Å². The zero-order valence-electron chi connectivity index (χ0n) is 11.3. The van der Waals surface area contributed by atoms with E-state index in [-0.39, 0.29) is 11.6 Å². The van der Waals surface area contributed by atoms with Crippen LogP contribution in [0.25, 0.3) is 16.9 Å². The number of anilines is 1. The first-order chi connectivity index (χ1) is 10.0. The summed E-state index contributed by atoms with van der Waals surface area (Å²) in [6.07, 6.45) is 1.59. The van der Waals surface area contributed by atoms with Gasteiger partial charge in [-0.2, -0.15) is 5.10 Å². The van der Waals surface area contributed by atoms with Crippen molar-refractivity contribution in [2.45, 2.75) is 6.92 Å². The molecule has 0 aliphatic heterocycles. The minimum atomic E-state index is -0.357. The lowest BCUT2D eigenvalue weighted by molar-refractivity contribution is 0.619. The highest BCUT2D eigenvalue weighted by atomic mass is 19.1. The average Bonchev–Trinajstić information content (AvgIpc) is 2.84. The lowest BCUT2D eigenvalue weighted by Gasteiger charge is -2.02. The number of benzene rings is 2. The van der Waals surface area contributed by atoms with Gasteiger partial charge in [-0.15, -0.1) is 0 Å². The number of nitrogen functional groups attached to an aromatic ring is 1. The van der Waals surface area contributed by atoms with Gasteiger partial charge in [0, 0.05) is 5.56 Å². The molecule has 3 rings (SSSR count). The molecule has 0 aliphatic rings. The third-order valence-electron chi connectivity index (χ3n) is 3.26. The second-order valence-electron chi connectivity index (χ2n) is 4.82. The Kier molecular flexibility index (Phi) is 3.17. The van der Waals surface area contributed by atoms with E-state index < -0.39 is 0 Å². The first kappa shape index (κ1) is 13.3. The average molecular weight is 285 g/mol. The number of hydrogen-bond donors (Lipinski definition) is 1. The SMILES string of the molecule is Cc1ccc(-c2nn(-c3cccc(F)c3)cc2N)cc1F. The summed E-state index contributed by atoms with van der Waals surface area (Å²) in [5, 5.41) is 4.32. The fourth-order valence-corrected chi connectivity index (χ4v) is 2.10. The molecule has 0 aliphatic carbocycles. The molecule has 1 aromatic heterocycles. The van der Waals surface area contributed by atoms with Gasteiger partial charge in [-0.3, -0.25) is 0 Å². The molecule has 0 saturated heterocycles. The van der Waals surface area contributed by atoms with Crippen LogP contribution in [0.4, 0.5) is 14.5 Å². The summed E-state index contributed by atoms with van der Waals surface area (Å²) in [6, 6.07) is 10.8. The Balaban J connectivity index is 2.07. The van der Waals surface area contributed by atoms with Crippen molar-refractivity contribution in [2.24, 2.45) is 0 Å². The van der Waals surface area contributed by atoms with E-state index in [1.807, 2.05) is 0 Å². The summed E-state index contributed by atoms with van der Waals surface area (Å²) in [6.45, 7) is 1.69. The predicted molar refractivity (Wildman–Crippen MR) is 78.1 cm³/mol. The maximum absolute atomic E-state index is 13.7. The Morgan fingerprint density at radius 2 is 1.90 bits per heavy atom. The van der Waals surface area contributed by atoms with Crippen molar-refractivity contribution in [1.29, 1.82) is 0 Å². The topological polar surface area (TPSA) is 43.8 Å². The molecule has 0 unspecified atom stereocenters. The smallest absolute Gasteiger partial charge is 0.126 e. The number of hydrogen-bond acceptors (Lipinski definition) is 2. The zero-order valence-corrected chi connectivity index (χ0v) is 11.3. The Morgan fingerprint density at radius 1 is 1.10 bits per heavy atom. The van der Waals surface area contributed by atoms with E-state index in [1.165, 1.54) is 22.9 Å². The van der Waals surface area contributed by atoms with Crippen molar-refractivity contribution >= 4 is 5.69 Å². The lowest BCUT2D eigenvalue weighted by atomic mass is 10.1. The molecule has 106 valence electrons. The van der Waals surface area contributed by atoms with Crippen LogP contribution in [0.3, 0.4) is 0 Å². The van der Waals surface area contributed by atoms with Crippen LogP contribution in [0.5, 0.6) is 0 Å². The Hall–Kier alpha value is -2.69. The van der Waals surface area contributed by atoms with E-state index in [0.717, 1.165) is 0 Å². The van der Waals surface area contributed by atoms with Gasteiger partial charge in [0.15, 0.2) is 0 Å². The van der Waals surface area contributed by atoms with Crippen LogP contribution < -0.4 is 5.73 Å². The molecular formula is C16H13F2N3. The molecule has 2 N–H and O–H groups in total. The standard InChI is InChI=1S/C16H13F2N3/c1-10-5-6-11(7-14(10)18)16-15(19)9-21(20-16)13-4-2-3-12(17)8-13/h2-9H,19H2,1H3. The largest absolute Gasteiger partial charge is 0.396 e. The molecule has 0 radical (unpaired) electrons. The van der Waals surface area contributed by atoms with Crippen molar-refractivity contribution in [3.8, 4) is 16.9 Å². The first-order valence-electron chi connectivity index (χ1n) is 6.42. The van der Waals surface area contributed by atoms with Gasteiger partial charge in [-0.1, -0.05) is 18.2 Å². The summed E-state index contributed by atoms with van der Waals surface area (Å²) in [7, 11) is 0. The zero-order chi connectivity index (χ0) is 15.0. The van der Waals surface area contributed by atoms with Crippen molar-refractivity contribution in [3.63, 3.8) is 0 Å². The molecule has 0 bridgehead atoms. The third kappa shape index (κ3) is 2.50. The Morgan fingerprint density at radius 3 is 2.62 bits per heavy atom. The fourth-order valence-electron chi connectivity index (χ4n) is 2.10. The van der Waals surface area contributed by atoms with Crippen molar-refractivity contribution in [3.05, 3.63) is 65.9 Å². The normalized spacial score (nSPS) is 10.8. The summed E-state index contributed by atoms with van der Waals surface area (Å²) < 4.78 is 28.4. The monoisotopic (exact) mass is 285 g/mol. The summed E-state index contributed by atoms with van der Waals surface area (Å²) in [5.74, 6) is -0.670. The number of nitrogens with zero attached hydrogens (tertiary/aromatic N) is 2. The van der Waals surface area contributed by atoms with E-state index in [2.05, 4.69) is 5.10 Å². The van der Waals surface area contributed by atoms with Crippen LogP contribution in [-0.2, 0) is 0 Å². The van der Waals surface area contributed by atoms with E-state index in [0.29, 0.717) is 28.2 Å². The van der Waals surface area contributed by atoms with Crippen molar-refractivity contribution in [1.82, 2.24) is 9.78 Å². The van der Waals surface area contributed by atoms with Gasteiger partial charge < -0.3 is 5.73 Å². The maximum atomic E-state index is 13.7. The molecule has 1 heterocycles. The van der Waals surface area contributed by atoms with Crippen LogP contribution in [0.1, 0.15) is 5.56 Å². The molecule has 3 aromatic rings. The first-order valence-corrected chi connectivity index (χ1v) is 6.42. The van der Waals surface area contributed by atoms with Crippen LogP contribution >= 0.6 is 0 Å². The van der Waals surface area contributed by atoms with E-state index in [4.69, 9.17) is 5.73 Å². The highest BCUT2D eigenvalue weighted by Gasteiger charge is 2.11. The molecular weight excluding hydrogens is 272 g/mol. The molecule has 21 heavy (non-hydrogen) atoms. The molecule has 5 heteroatoms. The molecule has 2 aromatic carbocycles. The molecule has 0 amide bonds. The quantitative estimate of drug-likeness (QED) is 0.780. The molecule has 0 fully saturated rings. The number of rotatable bonds is 2. The van der Waals surface area contributed by atoms with Crippen LogP contribution in [0, 0.1) is 18.6 Å². The van der Waals surface area contributed by atoms with Gasteiger partial charge in [-0.05, 0) is 36.8 Å². The van der Waals surface area contributed by atoms with Gasteiger partial charge in [0.25, 0.3) is 0 Å². The van der Waals surface area contributed by atoms with Gasteiger partial charge in [-0.25, -0.2) is 13.5 Å². The molecule has 0 atom stereocenters. The van der Waals surface area contributed by atoms with Crippen molar-refractivity contribution < 1.29 is 8.78 Å². The van der Waals surface area contributed by atoms with Gasteiger partial charge >= 0.3 is 0 Å². The summed E-state index contributed by atoms with van der Waals surface area (Å²) in [4.78, 5) is 0. The van der Waals surface area contributed by atoms with E-state index >= 15 is 0 Å².